The molecule has 1 saturated carbocycles. The van der Waals surface area contributed by atoms with E-state index in [4.69, 9.17) is 0 Å². The molecule has 0 radical (unpaired) electrons. The molecule has 134 valence electrons. The summed E-state index contributed by atoms with van der Waals surface area (Å²) in [4.78, 5) is 0. The van der Waals surface area contributed by atoms with Crippen molar-refractivity contribution in [2.24, 2.45) is 5.41 Å². The molecule has 0 atom stereocenters. The summed E-state index contributed by atoms with van der Waals surface area (Å²) in [5.41, 5.74) is 0.728. The van der Waals surface area contributed by atoms with Gasteiger partial charge in [0.1, 0.15) is 0 Å². The Morgan fingerprint density at radius 3 is 1.35 bits per heavy atom. The van der Waals surface area contributed by atoms with Gasteiger partial charge in [-0.25, -0.2) is 0 Å². The predicted molar refractivity (Wildman–Crippen MR) is 99.4 cm³/mol. The van der Waals surface area contributed by atoms with Crippen LogP contribution in [-0.4, -0.2) is 61.3 Å². The molecule has 2 aliphatic heterocycles. The maximum Gasteiger partial charge on any atom is 0.0791 e. The number of hydrogen-bond acceptors (Lipinski definition) is 0. The number of likely N-dealkylation sites (tertiary alicyclic amines) is 2. The third kappa shape index (κ3) is 3.95. The zero-order chi connectivity index (χ0) is 16.2. The lowest BCUT2D eigenvalue weighted by Gasteiger charge is -2.40. The molecule has 1 aliphatic carbocycles. The number of rotatable bonds is 8. The highest BCUT2D eigenvalue weighted by Crippen LogP contribution is 2.45. The van der Waals surface area contributed by atoms with Crippen molar-refractivity contribution in [2.75, 3.05) is 52.4 Å². The van der Waals surface area contributed by atoms with Crippen molar-refractivity contribution in [3.8, 4) is 0 Å². The first-order chi connectivity index (χ1) is 11.2. The summed E-state index contributed by atoms with van der Waals surface area (Å²) in [6, 6.07) is 0. The number of quaternary nitrogens is 2. The largest absolute Gasteiger partial charge is 0.324 e. The van der Waals surface area contributed by atoms with E-state index in [1.807, 2.05) is 0 Å². The van der Waals surface area contributed by atoms with Gasteiger partial charge in [-0.3, -0.25) is 0 Å². The van der Waals surface area contributed by atoms with Crippen molar-refractivity contribution >= 4 is 0 Å². The fourth-order valence-corrected chi connectivity index (χ4v) is 6.11. The van der Waals surface area contributed by atoms with Crippen LogP contribution in [0.1, 0.15) is 78.1 Å². The Bertz CT molecular complexity index is 328. The Hall–Kier alpha value is -0.0800. The van der Waals surface area contributed by atoms with Crippen LogP contribution in [0.4, 0.5) is 0 Å². The van der Waals surface area contributed by atoms with Crippen LogP contribution < -0.4 is 0 Å². The molecular weight excluding hydrogens is 280 g/mol. The van der Waals surface area contributed by atoms with Crippen molar-refractivity contribution in [1.29, 1.82) is 0 Å². The third-order valence-electron chi connectivity index (χ3n) is 8.27. The standard InChI is InChI=1S/C21H42N2/c1-3-22(15-7-8-16-22)19-13-21(11-5-6-12-21)14-20-23(4-2)17-9-10-18-23/h3-20H2,1-2H3/q+2. The minimum Gasteiger partial charge on any atom is -0.324 e. The van der Waals surface area contributed by atoms with Gasteiger partial charge in [0.05, 0.1) is 52.4 Å². The monoisotopic (exact) mass is 322 g/mol. The van der Waals surface area contributed by atoms with Gasteiger partial charge in [-0.05, 0) is 32.1 Å². The average molecular weight is 323 g/mol. The van der Waals surface area contributed by atoms with E-state index in [1.165, 1.54) is 113 Å². The fraction of sp³-hybridized carbons (Fsp3) is 1.00. The van der Waals surface area contributed by atoms with Gasteiger partial charge in [0, 0.05) is 38.5 Å². The zero-order valence-electron chi connectivity index (χ0n) is 16.1. The van der Waals surface area contributed by atoms with Crippen molar-refractivity contribution in [3.63, 3.8) is 0 Å². The molecule has 0 spiro atoms. The predicted octanol–water partition coefficient (Wildman–Crippen LogP) is 4.59. The Morgan fingerprint density at radius 1 is 0.609 bits per heavy atom. The molecule has 0 aromatic rings. The van der Waals surface area contributed by atoms with Crippen molar-refractivity contribution in [3.05, 3.63) is 0 Å². The van der Waals surface area contributed by atoms with E-state index in [9.17, 15) is 0 Å². The van der Waals surface area contributed by atoms with Crippen LogP contribution >= 0.6 is 0 Å². The fourth-order valence-electron chi connectivity index (χ4n) is 6.11. The highest BCUT2D eigenvalue weighted by atomic mass is 15.4. The van der Waals surface area contributed by atoms with Crippen LogP contribution in [0.2, 0.25) is 0 Å². The van der Waals surface area contributed by atoms with Gasteiger partial charge in [0.2, 0.25) is 0 Å². The molecule has 2 heterocycles. The van der Waals surface area contributed by atoms with Gasteiger partial charge < -0.3 is 8.97 Å². The van der Waals surface area contributed by atoms with E-state index in [0.717, 1.165) is 5.41 Å². The Morgan fingerprint density at radius 2 is 1.00 bits per heavy atom. The normalized spacial score (nSPS) is 28.4. The topological polar surface area (TPSA) is 0 Å². The Kier molecular flexibility index (Phi) is 5.73. The van der Waals surface area contributed by atoms with Crippen molar-refractivity contribution in [2.45, 2.75) is 78.1 Å². The molecule has 0 aromatic carbocycles. The molecule has 0 aromatic heterocycles. The second-order valence-electron chi connectivity index (χ2n) is 9.28. The molecule has 2 saturated heterocycles. The van der Waals surface area contributed by atoms with E-state index in [-0.39, 0.29) is 0 Å². The van der Waals surface area contributed by atoms with Crippen LogP contribution in [-0.2, 0) is 0 Å². The molecular formula is C21H42N2+2. The third-order valence-corrected chi connectivity index (χ3v) is 8.27. The van der Waals surface area contributed by atoms with E-state index in [0.29, 0.717) is 0 Å². The van der Waals surface area contributed by atoms with Crippen LogP contribution in [0, 0.1) is 5.41 Å². The Labute approximate surface area is 145 Å². The first kappa shape index (κ1) is 17.7. The second kappa shape index (κ2) is 7.44. The summed E-state index contributed by atoms with van der Waals surface area (Å²) in [5, 5.41) is 0. The highest BCUT2D eigenvalue weighted by molar-refractivity contribution is 4.85. The first-order valence-electron chi connectivity index (χ1n) is 10.9. The molecule has 0 amide bonds. The minimum atomic E-state index is 0.728. The summed E-state index contributed by atoms with van der Waals surface area (Å²) < 4.78 is 2.91. The molecule has 3 rings (SSSR count). The van der Waals surface area contributed by atoms with E-state index in [2.05, 4.69) is 13.8 Å². The maximum absolute atomic E-state index is 2.44. The lowest BCUT2D eigenvalue weighted by molar-refractivity contribution is -0.918. The first-order valence-corrected chi connectivity index (χ1v) is 10.9. The number of nitrogens with zero attached hydrogens (tertiary/aromatic N) is 2. The van der Waals surface area contributed by atoms with Crippen LogP contribution in [0.3, 0.4) is 0 Å². The summed E-state index contributed by atoms with van der Waals surface area (Å²) in [6.07, 6.45) is 15.1. The molecule has 2 nitrogen and oxygen atoms in total. The SMILES string of the molecule is CC[N+]1(CCC2(CC[N+]3(CC)CCCC3)CCCC2)CCCC1. The van der Waals surface area contributed by atoms with E-state index >= 15 is 0 Å². The molecule has 0 unspecified atom stereocenters. The zero-order valence-corrected chi connectivity index (χ0v) is 16.1. The van der Waals surface area contributed by atoms with Gasteiger partial charge in [-0.2, -0.15) is 0 Å². The van der Waals surface area contributed by atoms with Gasteiger partial charge in [0.25, 0.3) is 0 Å². The van der Waals surface area contributed by atoms with E-state index < -0.39 is 0 Å². The highest BCUT2D eigenvalue weighted by Gasteiger charge is 2.41. The summed E-state index contributed by atoms with van der Waals surface area (Å²) in [7, 11) is 0. The van der Waals surface area contributed by atoms with Crippen molar-refractivity contribution in [1.82, 2.24) is 0 Å². The molecule has 0 N–H and O–H groups in total. The van der Waals surface area contributed by atoms with Crippen LogP contribution in [0.25, 0.3) is 0 Å². The summed E-state index contributed by atoms with van der Waals surface area (Å²) in [5.74, 6) is 0. The minimum absolute atomic E-state index is 0.728. The summed E-state index contributed by atoms with van der Waals surface area (Å²) in [6.45, 7) is 16.5. The smallest absolute Gasteiger partial charge is 0.0791 e. The van der Waals surface area contributed by atoms with E-state index in [1.54, 1.807) is 12.8 Å². The quantitative estimate of drug-likeness (QED) is 0.573. The molecule has 3 aliphatic rings. The molecule has 0 bridgehead atoms. The number of hydrogen-bond donors (Lipinski definition) is 0. The molecule has 2 heteroatoms. The van der Waals surface area contributed by atoms with Crippen LogP contribution in [0.15, 0.2) is 0 Å². The lowest BCUT2D eigenvalue weighted by atomic mass is 9.78. The van der Waals surface area contributed by atoms with Gasteiger partial charge in [-0.15, -0.1) is 0 Å². The Balaban J connectivity index is 1.58. The van der Waals surface area contributed by atoms with Crippen molar-refractivity contribution < 1.29 is 8.97 Å². The van der Waals surface area contributed by atoms with Crippen LogP contribution in [0.5, 0.6) is 0 Å². The summed E-state index contributed by atoms with van der Waals surface area (Å²) >= 11 is 0. The second-order valence-corrected chi connectivity index (χ2v) is 9.28. The van der Waals surface area contributed by atoms with Gasteiger partial charge >= 0.3 is 0 Å². The average Bonchev–Trinajstić information content (AvgIpc) is 3.33. The lowest BCUT2D eigenvalue weighted by Crippen LogP contribution is -2.49. The molecule has 3 fully saturated rings. The van der Waals surface area contributed by atoms with Gasteiger partial charge in [0.15, 0.2) is 0 Å². The van der Waals surface area contributed by atoms with Gasteiger partial charge in [-0.1, -0.05) is 12.8 Å². The molecule has 23 heavy (non-hydrogen) atoms. The maximum atomic E-state index is 2.44.